The fraction of sp³-hybridized carbons (Fsp3) is 0.143. The summed E-state index contributed by atoms with van der Waals surface area (Å²) in [5.74, 6) is -0.0233. The van der Waals surface area contributed by atoms with E-state index in [4.69, 9.17) is 16.3 Å². The summed E-state index contributed by atoms with van der Waals surface area (Å²) in [6.45, 7) is -0.0621. The molecule has 0 spiro atoms. The van der Waals surface area contributed by atoms with Crippen molar-refractivity contribution < 1.29 is 14.6 Å². The van der Waals surface area contributed by atoms with Gasteiger partial charge in [0.05, 0.1) is 12.3 Å². The number of nitrogens with one attached hydrogen (secondary N) is 1. The second-order valence-corrected chi connectivity index (χ2v) is 6.60. The molecule has 4 rings (SSSR count). The molecule has 6 heteroatoms. The lowest BCUT2D eigenvalue weighted by molar-refractivity contribution is 0.158. The first-order valence-corrected chi connectivity index (χ1v) is 8.93. The zero-order valence-electron chi connectivity index (χ0n) is 14.4. The van der Waals surface area contributed by atoms with E-state index in [1.807, 2.05) is 24.3 Å². The zero-order valence-corrected chi connectivity index (χ0v) is 15.1. The number of rotatable bonds is 4. The summed E-state index contributed by atoms with van der Waals surface area (Å²) < 4.78 is 5.48. The molecular formula is C21H17ClN2O3. The number of pyridine rings is 1. The van der Waals surface area contributed by atoms with Crippen molar-refractivity contribution in [3.8, 4) is 11.1 Å². The Bertz CT molecular complexity index is 961. The van der Waals surface area contributed by atoms with Gasteiger partial charge in [-0.15, -0.1) is 0 Å². The van der Waals surface area contributed by atoms with Gasteiger partial charge < -0.3 is 9.84 Å². The fourth-order valence-electron chi connectivity index (χ4n) is 3.47. The largest absolute Gasteiger partial charge is 0.448 e. The van der Waals surface area contributed by atoms with Crippen LogP contribution < -0.4 is 5.32 Å². The molecule has 0 fully saturated rings. The number of anilines is 1. The van der Waals surface area contributed by atoms with Crippen molar-refractivity contribution in [1.29, 1.82) is 0 Å². The predicted molar refractivity (Wildman–Crippen MR) is 104 cm³/mol. The first kappa shape index (κ1) is 17.5. The van der Waals surface area contributed by atoms with Crippen molar-refractivity contribution in [2.45, 2.75) is 12.5 Å². The highest BCUT2D eigenvalue weighted by Crippen LogP contribution is 2.44. The van der Waals surface area contributed by atoms with Gasteiger partial charge in [0, 0.05) is 17.7 Å². The average molecular weight is 381 g/mol. The lowest BCUT2D eigenvalue weighted by Crippen LogP contribution is -2.19. The van der Waals surface area contributed by atoms with Crippen LogP contribution in [0.4, 0.5) is 10.5 Å². The molecule has 5 nitrogen and oxygen atoms in total. The molecule has 0 atom stereocenters. The van der Waals surface area contributed by atoms with Gasteiger partial charge in [-0.3, -0.25) is 5.32 Å². The molecule has 2 aromatic carbocycles. The third kappa shape index (κ3) is 3.27. The van der Waals surface area contributed by atoms with Gasteiger partial charge >= 0.3 is 6.09 Å². The molecule has 3 aromatic rings. The van der Waals surface area contributed by atoms with E-state index in [0.29, 0.717) is 5.56 Å². The third-order valence-corrected chi connectivity index (χ3v) is 5.02. The van der Waals surface area contributed by atoms with Crippen LogP contribution in [0.2, 0.25) is 5.15 Å². The molecule has 136 valence electrons. The fourth-order valence-corrected chi connectivity index (χ4v) is 3.70. The van der Waals surface area contributed by atoms with Crippen LogP contribution >= 0.6 is 11.6 Å². The normalized spacial score (nSPS) is 12.4. The Kier molecular flexibility index (Phi) is 4.79. The molecule has 1 heterocycles. The Labute approximate surface area is 161 Å². The Morgan fingerprint density at radius 2 is 1.70 bits per heavy atom. The third-order valence-electron chi connectivity index (χ3n) is 4.73. The number of halogens is 1. The Morgan fingerprint density at radius 3 is 2.33 bits per heavy atom. The van der Waals surface area contributed by atoms with E-state index in [9.17, 15) is 9.90 Å². The van der Waals surface area contributed by atoms with Crippen molar-refractivity contribution in [2.24, 2.45) is 0 Å². The number of hydrogen-bond donors (Lipinski definition) is 2. The van der Waals surface area contributed by atoms with Gasteiger partial charge in [-0.1, -0.05) is 60.1 Å². The molecule has 0 saturated heterocycles. The van der Waals surface area contributed by atoms with Crippen molar-refractivity contribution in [1.82, 2.24) is 4.98 Å². The van der Waals surface area contributed by atoms with Gasteiger partial charge in [-0.2, -0.15) is 0 Å². The van der Waals surface area contributed by atoms with E-state index in [-0.39, 0.29) is 30.0 Å². The highest BCUT2D eigenvalue weighted by atomic mass is 35.5. The number of benzene rings is 2. The average Bonchev–Trinajstić information content (AvgIpc) is 3.02. The topological polar surface area (TPSA) is 71.5 Å². The quantitative estimate of drug-likeness (QED) is 0.649. The Morgan fingerprint density at radius 1 is 1.07 bits per heavy atom. The lowest BCUT2D eigenvalue weighted by Gasteiger charge is -2.15. The maximum Gasteiger partial charge on any atom is 0.411 e. The van der Waals surface area contributed by atoms with E-state index < -0.39 is 6.09 Å². The SMILES string of the molecule is O=C(Nc1c(CO)ccnc1Cl)OCC1c2ccccc2-c2ccccc21. The summed E-state index contributed by atoms with van der Waals surface area (Å²) in [5, 5.41) is 12.1. The van der Waals surface area contributed by atoms with E-state index in [1.165, 1.54) is 17.3 Å². The van der Waals surface area contributed by atoms with Crippen LogP contribution in [0.5, 0.6) is 0 Å². The Hall–Kier alpha value is -2.89. The van der Waals surface area contributed by atoms with Gasteiger partial charge in [0.1, 0.15) is 6.61 Å². The van der Waals surface area contributed by atoms with Gasteiger partial charge in [0.15, 0.2) is 5.15 Å². The molecule has 27 heavy (non-hydrogen) atoms. The van der Waals surface area contributed by atoms with Crippen LogP contribution in [0.3, 0.4) is 0 Å². The standard InChI is InChI=1S/C21H17ClN2O3/c22-20-19(13(11-25)9-10-23-20)24-21(26)27-12-18-16-7-3-1-5-14(16)15-6-2-4-8-17(15)18/h1-10,18,25H,11-12H2,(H,24,26). The number of carbonyl (C=O) groups excluding carboxylic acids is 1. The molecule has 1 aliphatic rings. The van der Waals surface area contributed by atoms with E-state index in [1.54, 1.807) is 6.07 Å². The second kappa shape index (κ2) is 7.39. The van der Waals surface area contributed by atoms with Crippen LogP contribution in [-0.4, -0.2) is 22.8 Å². The number of aliphatic hydroxyl groups is 1. The number of hydrogen-bond acceptors (Lipinski definition) is 4. The number of aliphatic hydroxyl groups excluding tert-OH is 1. The maximum atomic E-state index is 12.3. The summed E-state index contributed by atoms with van der Waals surface area (Å²) >= 11 is 6.02. The van der Waals surface area contributed by atoms with Crippen LogP contribution in [0.25, 0.3) is 11.1 Å². The molecular weight excluding hydrogens is 364 g/mol. The van der Waals surface area contributed by atoms with Gasteiger partial charge in [0.2, 0.25) is 0 Å². The Balaban J connectivity index is 1.52. The van der Waals surface area contributed by atoms with Crippen LogP contribution in [0.15, 0.2) is 60.8 Å². The summed E-state index contributed by atoms with van der Waals surface area (Å²) in [5.41, 5.74) is 5.35. The molecule has 1 aromatic heterocycles. The zero-order chi connectivity index (χ0) is 18.8. The number of fused-ring (bicyclic) bond motifs is 3. The van der Waals surface area contributed by atoms with E-state index in [2.05, 4.69) is 34.6 Å². The minimum atomic E-state index is -0.638. The summed E-state index contributed by atoms with van der Waals surface area (Å²) in [4.78, 5) is 16.2. The number of amides is 1. The van der Waals surface area contributed by atoms with Crippen molar-refractivity contribution in [2.75, 3.05) is 11.9 Å². The number of ether oxygens (including phenoxy) is 1. The smallest absolute Gasteiger partial charge is 0.411 e. The van der Waals surface area contributed by atoms with Crippen LogP contribution in [-0.2, 0) is 11.3 Å². The lowest BCUT2D eigenvalue weighted by atomic mass is 9.98. The first-order chi connectivity index (χ1) is 13.2. The second-order valence-electron chi connectivity index (χ2n) is 6.24. The van der Waals surface area contributed by atoms with Crippen LogP contribution in [0, 0.1) is 0 Å². The number of carbonyl (C=O) groups is 1. The first-order valence-electron chi connectivity index (χ1n) is 8.55. The highest BCUT2D eigenvalue weighted by Gasteiger charge is 2.29. The number of aromatic nitrogens is 1. The minimum Gasteiger partial charge on any atom is -0.448 e. The van der Waals surface area contributed by atoms with Gasteiger partial charge in [0.25, 0.3) is 0 Å². The van der Waals surface area contributed by atoms with Gasteiger partial charge in [-0.25, -0.2) is 9.78 Å². The molecule has 0 bridgehead atoms. The summed E-state index contributed by atoms with van der Waals surface area (Å²) in [6, 6.07) is 17.9. The molecule has 2 N–H and O–H groups in total. The summed E-state index contributed by atoms with van der Waals surface area (Å²) in [6.07, 6.45) is 0.832. The van der Waals surface area contributed by atoms with E-state index >= 15 is 0 Å². The molecule has 0 saturated carbocycles. The molecule has 0 unspecified atom stereocenters. The molecule has 0 aliphatic heterocycles. The van der Waals surface area contributed by atoms with Crippen molar-refractivity contribution in [3.63, 3.8) is 0 Å². The van der Waals surface area contributed by atoms with Gasteiger partial charge in [-0.05, 0) is 28.3 Å². The number of nitrogens with zero attached hydrogens (tertiary/aromatic N) is 1. The predicted octanol–water partition coefficient (Wildman–Crippen LogP) is 4.59. The summed E-state index contributed by atoms with van der Waals surface area (Å²) in [7, 11) is 0. The minimum absolute atomic E-state index is 0.0233. The monoisotopic (exact) mass is 380 g/mol. The highest BCUT2D eigenvalue weighted by molar-refractivity contribution is 6.32. The van der Waals surface area contributed by atoms with Crippen molar-refractivity contribution >= 4 is 23.4 Å². The molecule has 0 radical (unpaired) electrons. The van der Waals surface area contributed by atoms with Crippen molar-refractivity contribution in [3.05, 3.63) is 82.6 Å². The molecule has 1 amide bonds. The van der Waals surface area contributed by atoms with Crippen LogP contribution in [0.1, 0.15) is 22.6 Å². The maximum absolute atomic E-state index is 12.3. The molecule has 1 aliphatic carbocycles. The van der Waals surface area contributed by atoms with E-state index in [0.717, 1.165) is 11.1 Å².